The molecule has 9 nitrogen and oxygen atoms in total. The number of hydrogen-bond donors (Lipinski definition) is 0. The molecule has 0 aromatic carbocycles. The van der Waals surface area contributed by atoms with Crippen LogP contribution in [0.25, 0.3) is 33.3 Å². The molecular formula is C21H25N5O4S. The molecule has 0 amide bonds. The zero-order valence-corrected chi connectivity index (χ0v) is 18.8. The van der Waals surface area contributed by atoms with E-state index in [9.17, 15) is 8.42 Å². The van der Waals surface area contributed by atoms with E-state index in [2.05, 4.69) is 15.2 Å². The highest BCUT2D eigenvalue weighted by molar-refractivity contribution is 7.90. The lowest BCUT2D eigenvalue weighted by molar-refractivity contribution is 0.183. The summed E-state index contributed by atoms with van der Waals surface area (Å²) in [4.78, 5) is 4.64. The van der Waals surface area contributed by atoms with Gasteiger partial charge in [0.25, 0.3) is 0 Å². The fourth-order valence-electron chi connectivity index (χ4n) is 3.72. The number of methoxy groups -OCH3 is 1. The van der Waals surface area contributed by atoms with Crippen LogP contribution in [0.4, 0.5) is 0 Å². The molecule has 0 aliphatic rings. The van der Waals surface area contributed by atoms with Crippen LogP contribution in [0.1, 0.15) is 24.8 Å². The topological polar surface area (TPSA) is 105 Å². The summed E-state index contributed by atoms with van der Waals surface area (Å²) in [5.74, 6) is 0.701. The first-order valence-electron chi connectivity index (χ1n) is 10.0. The number of fused-ring (bicyclic) bond motifs is 1. The average Bonchev–Trinajstić information content (AvgIpc) is 3.43. The molecule has 0 fully saturated rings. The molecule has 31 heavy (non-hydrogen) atoms. The Morgan fingerprint density at radius 1 is 1.16 bits per heavy atom. The van der Waals surface area contributed by atoms with Gasteiger partial charge in [0.15, 0.2) is 0 Å². The quantitative estimate of drug-likeness (QED) is 0.411. The van der Waals surface area contributed by atoms with Gasteiger partial charge in [-0.2, -0.15) is 5.10 Å². The van der Waals surface area contributed by atoms with Crippen LogP contribution < -0.4 is 0 Å². The van der Waals surface area contributed by atoms with E-state index in [1.54, 1.807) is 30.4 Å². The van der Waals surface area contributed by atoms with Gasteiger partial charge in [0.05, 0.1) is 41.8 Å². The molecule has 0 radical (unpaired) electrons. The molecule has 4 aromatic rings. The minimum Gasteiger partial charge on any atom is -0.383 e. The predicted octanol–water partition coefficient (Wildman–Crippen LogP) is 3.41. The molecule has 0 aliphatic carbocycles. The zero-order chi connectivity index (χ0) is 22.2. The fourth-order valence-corrected chi connectivity index (χ4v) is 5.13. The van der Waals surface area contributed by atoms with Gasteiger partial charge in [0.1, 0.15) is 5.76 Å². The van der Waals surface area contributed by atoms with Crippen LogP contribution in [-0.2, 0) is 21.3 Å². The van der Waals surface area contributed by atoms with Crippen LogP contribution in [0.15, 0.2) is 35.4 Å². The number of nitrogens with zero attached hydrogens (tertiary/aromatic N) is 5. The highest BCUT2D eigenvalue weighted by Crippen LogP contribution is 2.34. The van der Waals surface area contributed by atoms with Crippen LogP contribution in [-0.4, -0.2) is 51.8 Å². The van der Waals surface area contributed by atoms with Gasteiger partial charge in [-0.15, -0.1) is 0 Å². The molecule has 0 atom stereocenters. The second-order valence-electron chi connectivity index (χ2n) is 7.43. The van der Waals surface area contributed by atoms with Crippen molar-refractivity contribution in [3.05, 3.63) is 42.3 Å². The Balaban J connectivity index is 1.91. The molecule has 10 heteroatoms. The van der Waals surface area contributed by atoms with Crippen LogP contribution in [0.2, 0.25) is 0 Å². The van der Waals surface area contributed by atoms with E-state index in [4.69, 9.17) is 9.26 Å². The van der Waals surface area contributed by atoms with Crippen LogP contribution in [0, 0.1) is 13.8 Å². The summed E-state index contributed by atoms with van der Waals surface area (Å²) in [5, 5.41) is 8.36. The van der Waals surface area contributed by atoms with Crippen molar-refractivity contribution in [3.8, 4) is 22.3 Å². The Hall–Kier alpha value is -2.98. The minimum atomic E-state index is -3.55. The summed E-state index contributed by atoms with van der Waals surface area (Å²) < 4.78 is 39.6. The normalized spacial score (nSPS) is 12.1. The van der Waals surface area contributed by atoms with Crippen molar-refractivity contribution in [1.29, 1.82) is 0 Å². The maximum Gasteiger partial charge on any atom is 0.239 e. The van der Waals surface area contributed by atoms with Crippen molar-refractivity contribution in [3.63, 3.8) is 0 Å². The average molecular weight is 444 g/mol. The van der Waals surface area contributed by atoms with Crippen molar-refractivity contribution in [1.82, 2.24) is 23.9 Å². The summed E-state index contributed by atoms with van der Waals surface area (Å²) >= 11 is 0. The van der Waals surface area contributed by atoms with Gasteiger partial charge in [-0.25, -0.2) is 12.4 Å². The van der Waals surface area contributed by atoms with E-state index in [-0.39, 0.29) is 5.75 Å². The van der Waals surface area contributed by atoms with Gasteiger partial charge in [-0.1, -0.05) is 12.1 Å². The largest absolute Gasteiger partial charge is 0.383 e. The smallest absolute Gasteiger partial charge is 0.239 e. The number of aromatic nitrogens is 5. The van der Waals surface area contributed by atoms with E-state index >= 15 is 0 Å². The Labute approximate surface area is 180 Å². The first-order valence-corrected chi connectivity index (χ1v) is 11.7. The third kappa shape index (κ3) is 3.88. The molecule has 0 unspecified atom stereocenters. The fraction of sp³-hybridized carbons (Fsp3) is 0.381. The highest BCUT2D eigenvalue weighted by Gasteiger charge is 2.22. The van der Waals surface area contributed by atoms with Gasteiger partial charge < -0.3 is 9.26 Å². The van der Waals surface area contributed by atoms with Gasteiger partial charge in [0, 0.05) is 48.0 Å². The van der Waals surface area contributed by atoms with Crippen LogP contribution in [0.5, 0.6) is 0 Å². The SMILES string of the molecule is CCCS(=O)(=O)n1cc(-c2cnn(CCOC)c2)c2ncc(-c3c(C)noc3C)cc21. The predicted molar refractivity (Wildman–Crippen MR) is 117 cm³/mol. The Morgan fingerprint density at radius 2 is 1.97 bits per heavy atom. The molecule has 0 saturated heterocycles. The number of hydrogen-bond acceptors (Lipinski definition) is 7. The van der Waals surface area contributed by atoms with Gasteiger partial charge in [-0.05, 0) is 26.3 Å². The van der Waals surface area contributed by atoms with E-state index in [0.29, 0.717) is 41.9 Å². The number of rotatable bonds is 8. The van der Waals surface area contributed by atoms with E-state index in [0.717, 1.165) is 22.4 Å². The maximum absolute atomic E-state index is 13.0. The first-order chi connectivity index (χ1) is 14.9. The van der Waals surface area contributed by atoms with Gasteiger partial charge >= 0.3 is 0 Å². The molecule has 0 N–H and O–H groups in total. The van der Waals surface area contributed by atoms with E-state index in [1.165, 1.54) is 3.97 Å². The first kappa shape index (κ1) is 21.3. The molecule has 4 rings (SSSR count). The summed E-state index contributed by atoms with van der Waals surface area (Å²) in [6.45, 7) is 6.66. The Morgan fingerprint density at radius 3 is 2.65 bits per heavy atom. The third-order valence-corrected chi connectivity index (χ3v) is 6.98. The summed E-state index contributed by atoms with van der Waals surface area (Å²) in [7, 11) is -1.91. The van der Waals surface area contributed by atoms with Crippen molar-refractivity contribution in [2.24, 2.45) is 0 Å². The van der Waals surface area contributed by atoms with Crippen molar-refractivity contribution < 1.29 is 17.7 Å². The number of pyridine rings is 1. The van der Waals surface area contributed by atoms with Crippen LogP contribution in [0.3, 0.4) is 0 Å². The van der Waals surface area contributed by atoms with Crippen molar-refractivity contribution in [2.45, 2.75) is 33.7 Å². The zero-order valence-electron chi connectivity index (χ0n) is 18.0. The Bertz CT molecular complexity index is 1310. The molecule has 164 valence electrons. The number of ether oxygens (including phenoxy) is 1. The number of aryl methyl sites for hydroxylation is 2. The molecule has 0 aliphatic heterocycles. The monoisotopic (exact) mass is 443 g/mol. The summed E-state index contributed by atoms with van der Waals surface area (Å²) in [6.07, 6.45) is 7.46. The van der Waals surface area contributed by atoms with Gasteiger partial charge in [-0.3, -0.25) is 9.67 Å². The minimum absolute atomic E-state index is 0.0405. The van der Waals surface area contributed by atoms with E-state index in [1.807, 2.05) is 33.0 Å². The molecule has 0 saturated carbocycles. The van der Waals surface area contributed by atoms with Crippen molar-refractivity contribution >= 4 is 21.1 Å². The molecule has 4 heterocycles. The standard InChI is InChI=1S/C21H25N5O4S/c1-5-8-31(27,28)26-13-18(17-11-23-25(12-17)6-7-29-4)21-19(26)9-16(10-22-21)20-14(2)24-30-15(20)3/h9-13H,5-8H2,1-4H3. The summed E-state index contributed by atoms with van der Waals surface area (Å²) in [5.41, 5.74) is 4.94. The second kappa shape index (κ2) is 8.27. The molecular weight excluding hydrogens is 418 g/mol. The maximum atomic E-state index is 13.0. The lowest BCUT2D eigenvalue weighted by Gasteiger charge is -2.07. The van der Waals surface area contributed by atoms with E-state index < -0.39 is 10.0 Å². The highest BCUT2D eigenvalue weighted by atomic mass is 32.2. The molecule has 0 spiro atoms. The lowest BCUT2D eigenvalue weighted by Crippen LogP contribution is -2.15. The van der Waals surface area contributed by atoms with Gasteiger partial charge in [0.2, 0.25) is 10.0 Å². The summed E-state index contributed by atoms with van der Waals surface area (Å²) in [6, 6.07) is 1.83. The molecule has 4 aromatic heterocycles. The molecule has 0 bridgehead atoms. The van der Waals surface area contributed by atoms with Crippen LogP contribution >= 0.6 is 0 Å². The second-order valence-corrected chi connectivity index (χ2v) is 9.40. The Kier molecular flexibility index (Phi) is 5.67. The third-order valence-electron chi connectivity index (χ3n) is 5.16. The van der Waals surface area contributed by atoms with Crippen molar-refractivity contribution in [2.75, 3.05) is 19.5 Å². The lowest BCUT2D eigenvalue weighted by atomic mass is 10.1.